The van der Waals surface area contributed by atoms with Crippen molar-refractivity contribution in [2.45, 2.75) is 40.0 Å². The molecule has 2 aromatic rings. The summed E-state index contributed by atoms with van der Waals surface area (Å²) in [6, 6.07) is 7.84. The second-order valence-electron chi connectivity index (χ2n) is 6.26. The fourth-order valence-corrected chi connectivity index (χ4v) is 1.84. The number of aromatic nitrogens is 2. The van der Waals surface area contributed by atoms with Gasteiger partial charge in [-0.3, -0.25) is 0 Å². The number of hydrogen-bond acceptors (Lipinski definition) is 4. The SMILES string of the molecule is CNc1cc(Oc2ccc(C)c(C)c2)nc(C(C)(C)C)n1. The fourth-order valence-electron chi connectivity index (χ4n) is 1.84. The third-order valence-corrected chi connectivity index (χ3v) is 3.33. The molecule has 2 rings (SSSR count). The molecule has 112 valence electrons. The Morgan fingerprint density at radius 2 is 1.71 bits per heavy atom. The first-order chi connectivity index (χ1) is 9.79. The van der Waals surface area contributed by atoms with Crippen molar-refractivity contribution in [1.29, 1.82) is 0 Å². The third kappa shape index (κ3) is 3.72. The highest BCUT2D eigenvalue weighted by molar-refractivity contribution is 5.41. The highest BCUT2D eigenvalue weighted by atomic mass is 16.5. The number of hydrogen-bond donors (Lipinski definition) is 1. The van der Waals surface area contributed by atoms with Crippen LogP contribution in [0.3, 0.4) is 0 Å². The molecular formula is C17H23N3O. The van der Waals surface area contributed by atoms with Gasteiger partial charge in [-0.25, -0.2) is 4.98 Å². The molecule has 1 aromatic carbocycles. The lowest BCUT2D eigenvalue weighted by molar-refractivity contribution is 0.446. The third-order valence-electron chi connectivity index (χ3n) is 3.33. The molecule has 1 heterocycles. The van der Waals surface area contributed by atoms with Crippen molar-refractivity contribution < 1.29 is 4.74 Å². The van der Waals surface area contributed by atoms with Crippen molar-refractivity contribution in [3.05, 3.63) is 41.2 Å². The summed E-state index contributed by atoms with van der Waals surface area (Å²) in [6.07, 6.45) is 0. The first kappa shape index (κ1) is 15.3. The number of benzene rings is 1. The van der Waals surface area contributed by atoms with Crippen LogP contribution in [-0.2, 0) is 5.41 Å². The maximum absolute atomic E-state index is 5.90. The first-order valence-corrected chi connectivity index (χ1v) is 7.12. The molecule has 0 aliphatic carbocycles. The summed E-state index contributed by atoms with van der Waals surface area (Å²) in [5.74, 6) is 2.86. The fraction of sp³-hybridized carbons (Fsp3) is 0.412. The Labute approximate surface area is 126 Å². The van der Waals surface area contributed by atoms with E-state index in [0.29, 0.717) is 5.88 Å². The Kier molecular flexibility index (Phi) is 4.16. The number of nitrogens with one attached hydrogen (secondary N) is 1. The minimum absolute atomic E-state index is 0.131. The van der Waals surface area contributed by atoms with E-state index < -0.39 is 0 Å². The molecule has 1 N–H and O–H groups in total. The predicted octanol–water partition coefficient (Wildman–Crippen LogP) is 4.22. The van der Waals surface area contributed by atoms with Gasteiger partial charge in [0, 0.05) is 18.5 Å². The highest BCUT2D eigenvalue weighted by Gasteiger charge is 2.19. The topological polar surface area (TPSA) is 47.0 Å². The van der Waals surface area contributed by atoms with Crippen LogP contribution in [0.4, 0.5) is 5.82 Å². The van der Waals surface area contributed by atoms with Crippen LogP contribution in [0.2, 0.25) is 0 Å². The first-order valence-electron chi connectivity index (χ1n) is 7.12. The Morgan fingerprint density at radius 1 is 1.00 bits per heavy atom. The van der Waals surface area contributed by atoms with Gasteiger partial charge >= 0.3 is 0 Å². The van der Waals surface area contributed by atoms with Crippen molar-refractivity contribution in [2.75, 3.05) is 12.4 Å². The standard InChI is InChI=1S/C17H23N3O/c1-11-7-8-13(9-12(11)2)21-15-10-14(18-6)19-16(20-15)17(3,4)5/h7-10H,1-6H3,(H,18,19,20). The second-order valence-corrected chi connectivity index (χ2v) is 6.26. The molecule has 0 bridgehead atoms. The number of ether oxygens (including phenoxy) is 1. The van der Waals surface area contributed by atoms with Crippen molar-refractivity contribution >= 4 is 5.82 Å². The number of aryl methyl sites for hydroxylation is 2. The zero-order chi connectivity index (χ0) is 15.6. The summed E-state index contributed by atoms with van der Waals surface area (Å²) < 4.78 is 5.90. The Hall–Kier alpha value is -2.10. The van der Waals surface area contributed by atoms with Gasteiger partial charge in [0.1, 0.15) is 17.4 Å². The van der Waals surface area contributed by atoms with Crippen LogP contribution in [0, 0.1) is 13.8 Å². The quantitative estimate of drug-likeness (QED) is 0.917. The lowest BCUT2D eigenvalue weighted by Gasteiger charge is -2.18. The molecule has 1 aromatic heterocycles. The van der Waals surface area contributed by atoms with Crippen molar-refractivity contribution in [1.82, 2.24) is 9.97 Å². The summed E-state index contributed by atoms with van der Waals surface area (Å²) >= 11 is 0. The van der Waals surface area contributed by atoms with Gasteiger partial charge in [-0.05, 0) is 37.1 Å². The monoisotopic (exact) mass is 285 g/mol. The van der Waals surface area contributed by atoms with E-state index in [9.17, 15) is 0 Å². The molecule has 4 nitrogen and oxygen atoms in total. The maximum Gasteiger partial charge on any atom is 0.224 e. The van der Waals surface area contributed by atoms with Crippen LogP contribution in [-0.4, -0.2) is 17.0 Å². The maximum atomic E-state index is 5.90. The average molecular weight is 285 g/mol. The van der Waals surface area contributed by atoms with Crippen LogP contribution >= 0.6 is 0 Å². The molecule has 0 aliphatic heterocycles. The number of nitrogens with zero attached hydrogens (tertiary/aromatic N) is 2. The number of rotatable bonds is 3. The molecule has 0 amide bonds. The van der Waals surface area contributed by atoms with Gasteiger partial charge in [-0.2, -0.15) is 4.98 Å². The van der Waals surface area contributed by atoms with Crippen molar-refractivity contribution in [3.63, 3.8) is 0 Å². The predicted molar refractivity (Wildman–Crippen MR) is 86.3 cm³/mol. The number of anilines is 1. The minimum atomic E-state index is -0.131. The molecule has 21 heavy (non-hydrogen) atoms. The Morgan fingerprint density at radius 3 is 2.29 bits per heavy atom. The van der Waals surface area contributed by atoms with Gasteiger partial charge in [0.15, 0.2) is 0 Å². The molecule has 0 unspecified atom stereocenters. The van der Waals surface area contributed by atoms with E-state index in [4.69, 9.17) is 4.74 Å². The van der Waals surface area contributed by atoms with Crippen LogP contribution in [0.25, 0.3) is 0 Å². The molecule has 0 aliphatic rings. The van der Waals surface area contributed by atoms with E-state index in [-0.39, 0.29) is 5.41 Å². The minimum Gasteiger partial charge on any atom is -0.439 e. The summed E-state index contributed by atoms with van der Waals surface area (Å²) in [5, 5.41) is 3.06. The molecule has 0 saturated carbocycles. The van der Waals surface area contributed by atoms with E-state index in [1.807, 2.05) is 25.2 Å². The summed E-state index contributed by atoms with van der Waals surface area (Å²) in [5.41, 5.74) is 2.32. The van der Waals surface area contributed by atoms with E-state index in [0.717, 1.165) is 17.4 Å². The van der Waals surface area contributed by atoms with Crippen LogP contribution in [0.5, 0.6) is 11.6 Å². The Balaban J connectivity index is 2.36. The summed E-state index contributed by atoms with van der Waals surface area (Å²) in [4.78, 5) is 9.02. The molecule has 0 fully saturated rings. The smallest absolute Gasteiger partial charge is 0.224 e. The molecule has 0 radical (unpaired) electrons. The average Bonchev–Trinajstić information content (AvgIpc) is 2.41. The summed E-state index contributed by atoms with van der Waals surface area (Å²) in [7, 11) is 1.84. The zero-order valence-corrected chi connectivity index (χ0v) is 13.6. The van der Waals surface area contributed by atoms with E-state index in [1.165, 1.54) is 11.1 Å². The summed E-state index contributed by atoms with van der Waals surface area (Å²) in [6.45, 7) is 10.4. The van der Waals surface area contributed by atoms with E-state index in [2.05, 4.69) is 56.0 Å². The molecule has 0 spiro atoms. The van der Waals surface area contributed by atoms with Crippen LogP contribution in [0.15, 0.2) is 24.3 Å². The van der Waals surface area contributed by atoms with Crippen LogP contribution < -0.4 is 10.1 Å². The normalized spacial score (nSPS) is 11.3. The molecule has 4 heteroatoms. The molecule has 0 atom stereocenters. The van der Waals surface area contributed by atoms with Gasteiger partial charge in [0.25, 0.3) is 0 Å². The Bertz CT molecular complexity index is 645. The molecular weight excluding hydrogens is 262 g/mol. The van der Waals surface area contributed by atoms with Gasteiger partial charge in [0.05, 0.1) is 0 Å². The van der Waals surface area contributed by atoms with Gasteiger partial charge in [-0.15, -0.1) is 0 Å². The van der Waals surface area contributed by atoms with Gasteiger partial charge in [0.2, 0.25) is 5.88 Å². The lowest BCUT2D eigenvalue weighted by Crippen LogP contribution is -2.17. The highest BCUT2D eigenvalue weighted by Crippen LogP contribution is 2.27. The molecule has 0 saturated heterocycles. The van der Waals surface area contributed by atoms with Crippen molar-refractivity contribution in [2.24, 2.45) is 0 Å². The van der Waals surface area contributed by atoms with Crippen molar-refractivity contribution in [3.8, 4) is 11.6 Å². The lowest BCUT2D eigenvalue weighted by atomic mass is 9.96. The zero-order valence-electron chi connectivity index (χ0n) is 13.6. The largest absolute Gasteiger partial charge is 0.439 e. The van der Waals surface area contributed by atoms with E-state index in [1.54, 1.807) is 0 Å². The van der Waals surface area contributed by atoms with Crippen LogP contribution in [0.1, 0.15) is 37.7 Å². The van der Waals surface area contributed by atoms with Gasteiger partial charge < -0.3 is 10.1 Å². The van der Waals surface area contributed by atoms with Gasteiger partial charge in [-0.1, -0.05) is 26.8 Å². The second kappa shape index (κ2) is 5.72. The van der Waals surface area contributed by atoms with E-state index >= 15 is 0 Å².